The van der Waals surface area contributed by atoms with Crippen LogP contribution >= 0.6 is 0 Å². The summed E-state index contributed by atoms with van der Waals surface area (Å²) in [6.45, 7) is 0.319. The fourth-order valence-electron chi connectivity index (χ4n) is 5.23. The average Bonchev–Trinajstić information content (AvgIpc) is 3.66. The van der Waals surface area contributed by atoms with Crippen molar-refractivity contribution in [2.45, 2.75) is 81.4 Å². The molecular weight excluding hydrogens is 419 g/mol. The van der Waals surface area contributed by atoms with Crippen molar-refractivity contribution in [3.63, 3.8) is 0 Å². The molecule has 170 valence electrons. The van der Waals surface area contributed by atoms with Gasteiger partial charge in [0.1, 0.15) is 23.0 Å². The van der Waals surface area contributed by atoms with E-state index >= 15 is 8.78 Å². The number of ether oxygens (including phenoxy) is 2. The first-order valence-electron chi connectivity index (χ1n) is 11.4. The molecule has 2 heterocycles. The predicted octanol–water partition coefficient (Wildman–Crippen LogP) is 4.97. The Balaban J connectivity index is 1.42. The van der Waals surface area contributed by atoms with Crippen LogP contribution in [0.25, 0.3) is 11.3 Å². The van der Waals surface area contributed by atoms with Crippen LogP contribution < -0.4 is 5.32 Å². The van der Waals surface area contributed by atoms with Crippen LogP contribution in [0, 0.1) is 11.6 Å². The van der Waals surface area contributed by atoms with E-state index in [4.69, 9.17) is 9.47 Å². The molecule has 3 aliphatic carbocycles. The largest absolute Gasteiger partial charge is 0.379 e. The number of fused-ring (bicyclic) bond motifs is 1. The average molecular weight is 445 g/mol. The maximum Gasteiger partial charge on any atom is 0.154 e. The van der Waals surface area contributed by atoms with Gasteiger partial charge in [-0.2, -0.15) is 0 Å². The molecule has 1 spiro atoms. The van der Waals surface area contributed by atoms with Crippen LogP contribution in [0.4, 0.5) is 19.0 Å². The van der Waals surface area contributed by atoms with Gasteiger partial charge >= 0.3 is 0 Å². The molecule has 1 aliphatic heterocycles. The summed E-state index contributed by atoms with van der Waals surface area (Å²) in [4.78, 5) is 0. The minimum absolute atomic E-state index is 0.0604. The van der Waals surface area contributed by atoms with Gasteiger partial charge in [0.15, 0.2) is 5.82 Å². The van der Waals surface area contributed by atoms with Crippen molar-refractivity contribution in [3.8, 4) is 11.3 Å². The smallest absolute Gasteiger partial charge is 0.154 e. The number of alkyl halides is 1. The van der Waals surface area contributed by atoms with Crippen LogP contribution in [0.15, 0.2) is 12.1 Å². The SMILES string of the molecule is CO[C@@H]1CCCC1Nc1nnc(-c2c(F)cc(C3(F)CC3)cc2F)c2c1COC1(CC1)C2. The number of methoxy groups -OCH3 is 1. The van der Waals surface area contributed by atoms with Crippen molar-refractivity contribution in [3.05, 3.63) is 40.5 Å². The molecule has 2 aromatic rings. The number of aromatic nitrogens is 2. The molecule has 3 fully saturated rings. The Morgan fingerprint density at radius 1 is 1.06 bits per heavy atom. The predicted molar refractivity (Wildman–Crippen MR) is 112 cm³/mol. The Kier molecular flexibility index (Phi) is 4.56. The molecule has 1 unspecified atom stereocenters. The molecule has 3 saturated carbocycles. The molecular formula is C24H26F3N3O2. The number of benzene rings is 1. The summed E-state index contributed by atoms with van der Waals surface area (Å²) in [6.07, 6.45) is 6.03. The summed E-state index contributed by atoms with van der Waals surface area (Å²) in [6, 6.07) is 2.33. The van der Waals surface area contributed by atoms with Gasteiger partial charge in [-0.3, -0.25) is 0 Å². The fraction of sp³-hybridized carbons (Fsp3) is 0.583. The number of hydrogen-bond acceptors (Lipinski definition) is 5. The zero-order valence-electron chi connectivity index (χ0n) is 18.0. The number of halogens is 3. The third-order valence-corrected chi connectivity index (χ3v) is 7.58. The van der Waals surface area contributed by atoms with Crippen molar-refractivity contribution >= 4 is 5.82 Å². The molecule has 8 heteroatoms. The van der Waals surface area contributed by atoms with Gasteiger partial charge in [0.25, 0.3) is 0 Å². The van der Waals surface area contributed by atoms with Gasteiger partial charge < -0.3 is 14.8 Å². The van der Waals surface area contributed by atoms with Gasteiger partial charge in [0, 0.05) is 19.1 Å². The second-order valence-corrected chi connectivity index (χ2v) is 9.74. The number of nitrogens with zero attached hydrogens (tertiary/aromatic N) is 2. The Bertz CT molecular complexity index is 1060. The summed E-state index contributed by atoms with van der Waals surface area (Å²) in [5, 5.41) is 12.1. The van der Waals surface area contributed by atoms with Crippen LogP contribution in [0.5, 0.6) is 0 Å². The number of anilines is 1. The monoisotopic (exact) mass is 445 g/mol. The Labute approximate surface area is 184 Å². The van der Waals surface area contributed by atoms with Gasteiger partial charge in [-0.15, -0.1) is 10.2 Å². The van der Waals surface area contributed by atoms with E-state index < -0.39 is 17.3 Å². The molecule has 1 aromatic carbocycles. The molecule has 0 bridgehead atoms. The molecule has 1 aromatic heterocycles. The molecule has 4 aliphatic rings. The quantitative estimate of drug-likeness (QED) is 0.705. The van der Waals surface area contributed by atoms with Gasteiger partial charge in [0.05, 0.1) is 29.9 Å². The van der Waals surface area contributed by atoms with Crippen molar-refractivity contribution in [1.82, 2.24) is 10.2 Å². The second-order valence-electron chi connectivity index (χ2n) is 9.74. The maximum absolute atomic E-state index is 15.1. The minimum atomic E-state index is -1.61. The first kappa shape index (κ1) is 20.4. The molecule has 5 nitrogen and oxygen atoms in total. The lowest BCUT2D eigenvalue weighted by Crippen LogP contribution is -2.32. The number of nitrogens with one attached hydrogen (secondary N) is 1. The van der Waals surface area contributed by atoms with Crippen molar-refractivity contribution in [2.24, 2.45) is 0 Å². The summed E-state index contributed by atoms with van der Waals surface area (Å²) in [5.41, 5.74) is -0.295. The van der Waals surface area contributed by atoms with Gasteiger partial charge in [-0.1, -0.05) is 0 Å². The van der Waals surface area contributed by atoms with Crippen molar-refractivity contribution < 1.29 is 22.6 Å². The molecule has 1 N–H and O–H groups in total. The first-order chi connectivity index (χ1) is 15.4. The zero-order chi connectivity index (χ0) is 22.1. The van der Waals surface area contributed by atoms with Gasteiger partial charge in [-0.25, -0.2) is 13.2 Å². The third kappa shape index (κ3) is 3.30. The summed E-state index contributed by atoms with van der Waals surface area (Å²) >= 11 is 0. The highest BCUT2D eigenvalue weighted by atomic mass is 19.1. The van der Waals surface area contributed by atoms with Gasteiger partial charge in [-0.05, 0) is 68.2 Å². The highest BCUT2D eigenvalue weighted by molar-refractivity contribution is 5.70. The topological polar surface area (TPSA) is 56.3 Å². The lowest BCUT2D eigenvalue weighted by atomic mass is 9.92. The van der Waals surface area contributed by atoms with Crippen LogP contribution in [0.1, 0.15) is 61.6 Å². The van der Waals surface area contributed by atoms with Crippen LogP contribution in [0.3, 0.4) is 0 Å². The molecule has 0 radical (unpaired) electrons. The normalized spacial score (nSPS) is 26.8. The Morgan fingerprint density at radius 3 is 2.47 bits per heavy atom. The van der Waals surface area contributed by atoms with E-state index in [2.05, 4.69) is 15.5 Å². The lowest BCUT2D eigenvalue weighted by molar-refractivity contribution is 0.00825. The third-order valence-electron chi connectivity index (χ3n) is 7.58. The van der Waals surface area contributed by atoms with Crippen LogP contribution in [0.2, 0.25) is 0 Å². The van der Waals surface area contributed by atoms with Gasteiger partial charge in [0.2, 0.25) is 0 Å². The highest BCUT2D eigenvalue weighted by Crippen LogP contribution is 2.52. The number of rotatable bonds is 5. The number of hydrogen-bond donors (Lipinski definition) is 1. The van der Waals surface area contributed by atoms with E-state index in [-0.39, 0.29) is 34.6 Å². The molecule has 0 amide bonds. The molecule has 32 heavy (non-hydrogen) atoms. The minimum Gasteiger partial charge on any atom is -0.379 e. The second kappa shape index (κ2) is 7.15. The molecule has 0 saturated heterocycles. The van der Waals surface area contributed by atoms with Crippen molar-refractivity contribution in [1.29, 1.82) is 0 Å². The standard InChI is InChI=1S/C24H26F3N3O2/c1-31-19-4-2-3-18(19)28-22-15-12-32-23(5-6-23)11-14(15)21(29-30-22)20-16(25)9-13(10-17(20)26)24(27)7-8-24/h9-10,18-19H,2-8,11-12H2,1H3,(H,28,30)/t18?,19-/m1/s1. The summed E-state index contributed by atoms with van der Waals surface area (Å²) in [7, 11) is 1.70. The van der Waals surface area contributed by atoms with E-state index in [0.717, 1.165) is 55.4 Å². The van der Waals surface area contributed by atoms with E-state index in [1.54, 1.807) is 7.11 Å². The van der Waals surface area contributed by atoms with E-state index in [1.165, 1.54) is 0 Å². The van der Waals surface area contributed by atoms with E-state index in [0.29, 0.717) is 31.7 Å². The lowest BCUT2D eigenvalue weighted by Gasteiger charge is -2.29. The summed E-state index contributed by atoms with van der Waals surface area (Å²) < 4.78 is 56.3. The molecule has 2 atom stereocenters. The van der Waals surface area contributed by atoms with Crippen molar-refractivity contribution in [2.75, 3.05) is 12.4 Å². The van der Waals surface area contributed by atoms with Crippen LogP contribution in [-0.4, -0.2) is 35.1 Å². The fourth-order valence-corrected chi connectivity index (χ4v) is 5.23. The zero-order valence-corrected chi connectivity index (χ0v) is 18.0. The van der Waals surface area contributed by atoms with E-state index in [9.17, 15) is 4.39 Å². The summed E-state index contributed by atoms with van der Waals surface area (Å²) in [5.74, 6) is -1.01. The Morgan fingerprint density at radius 2 is 1.81 bits per heavy atom. The highest BCUT2D eigenvalue weighted by Gasteiger charge is 2.49. The maximum atomic E-state index is 15.1. The van der Waals surface area contributed by atoms with Crippen LogP contribution in [-0.2, 0) is 28.2 Å². The molecule has 6 rings (SSSR count). The Hall–Kier alpha value is -2.19. The first-order valence-corrected chi connectivity index (χ1v) is 11.4. The van der Waals surface area contributed by atoms with E-state index in [1.807, 2.05) is 0 Å².